The highest BCUT2D eigenvalue weighted by Gasteiger charge is 2.29. The minimum atomic E-state index is -0.120. The molecule has 7 nitrogen and oxygen atoms in total. The van der Waals surface area contributed by atoms with Gasteiger partial charge in [-0.15, -0.1) is 0 Å². The minimum absolute atomic E-state index is 0.0210. The lowest BCUT2D eigenvalue weighted by atomic mass is 10.2. The van der Waals surface area contributed by atoms with E-state index in [0.29, 0.717) is 0 Å². The molecule has 132 valence electrons. The Morgan fingerprint density at radius 3 is 2.64 bits per heavy atom. The summed E-state index contributed by atoms with van der Waals surface area (Å²) < 4.78 is 5.19. The molecule has 0 saturated carbocycles. The number of amides is 1. The zero-order valence-electron chi connectivity index (χ0n) is 14.6. The number of quaternary nitrogens is 1. The summed E-state index contributed by atoms with van der Waals surface area (Å²) in [6, 6.07) is 9.11. The van der Waals surface area contributed by atoms with Gasteiger partial charge in [0.05, 0.1) is 33.3 Å². The van der Waals surface area contributed by atoms with Crippen LogP contribution in [0.3, 0.4) is 0 Å². The second-order valence-corrected chi connectivity index (χ2v) is 6.14. The van der Waals surface area contributed by atoms with E-state index in [1.54, 1.807) is 19.5 Å². The predicted molar refractivity (Wildman–Crippen MR) is 96.0 cm³/mol. The predicted octanol–water partition coefficient (Wildman–Crippen LogP) is 0.217. The first-order chi connectivity index (χ1) is 12.2. The molecule has 1 aliphatic rings. The van der Waals surface area contributed by atoms with Gasteiger partial charge in [0.25, 0.3) is 5.91 Å². The van der Waals surface area contributed by atoms with Crippen LogP contribution in [0.1, 0.15) is 6.92 Å². The Morgan fingerprint density at radius 1 is 1.24 bits per heavy atom. The smallest absolute Gasteiger partial charge is 0.282 e. The lowest BCUT2D eigenvalue weighted by Gasteiger charge is -2.34. The van der Waals surface area contributed by atoms with Crippen LogP contribution in [-0.4, -0.2) is 55.2 Å². The van der Waals surface area contributed by atoms with Crippen LogP contribution in [-0.2, 0) is 4.79 Å². The van der Waals surface area contributed by atoms with Gasteiger partial charge in [0, 0.05) is 24.1 Å². The van der Waals surface area contributed by atoms with Crippen LogP contribution in [0, 0.1) is 0 Å². The third kappa shape index (κ3) is 4.24. The number of carbonyl (C=O) groups is 1. The normalized spacial score (nSPS) is 16.3. The highest BCUT2D eigenvalue weighted by Crippen LogP contribution is 2.16. The molecule has 0 radical (unpaired) electrons. The van der Waals surface area contributed by atoms with Gasteiger partial charge in [-0.3, -0.25) is 4.79 Å². The Morgan fingerprint density at radius 2 is 1.96 bits per heavy atom. The van der Waals surface area contributed by atoms with Crippen molar-refractivity contribution in [2.24, 2.45) is 0 Å². The SMILES string of the molecule is COc1cccc(NC(=O)[C@H](C)[NH+]2CCN(c3ncccn3)CC2)c1. The molecule has 3 rings (SSSR count). The maximum Gasteiger partial charge on any atom is 0.282 e. The second kappa shape index (κ2) is 7.94. The summed E-state index contributed by atoms with van der Waals surface area (Å²) in [5.74, 6) is 1.51. The molecule has 1 aliphatic heterocycles. The number of rotatable bonds is 5. The summed E-state index contributed by atoms with van der Waals surface area (Å²) in [5.41, 5.74) is 0.756. The van der Waals surface area contributed by atoms with Crippen LogP contribution in [0.25, 0.3) is 0 Å². The molecule has 1 aromatic carbocycles. The minimum Gasteiger partial charge on any atom is -0.497 e. The average molecular weight is 342 g/mol. The Hall–Kier alpha value is -2.67. The summed E-state index contributed by atoms with van der Waals surface area (Å²) in [5, 5.41) is 2.98. The first-order valence-electron chi connectivity index (χ1n) is 8.49. The molecule has 2 aromatic rings. The number of ether oxygens (including phenoxy) is 1. The third-order valence-corrected chi connectivity index (χ3v) is 4.58. The van der Waals surface area contributed by atoms with Gasteiger partial charge in [0.2, 0.25) is 5.95 Å². The maximum atomic E-state index is 12.6. The molecular formula is C18H24N5O2+. The van der Waals surface area contributed by atoms with Crippen molar-refractivity contribution in [3.63, 3.8) is 0 Å². The maximum absolute atomic E-state index is 12.6. The molecule has 2 N–H and O–H groups in total. The van der Waals surface area contributed by atoms with E-state index < -0.39 is 0 Å². The Bertz CT molecular complexity index is 702. The number of nitrogens with one attached hydrogen (secondary N) is 2. The van der Waals surface area contributed by atoms with Gasteiger partial charge < -0.3 is 19.9 Å². The quantitative estimate of drug-likeness (QED) is 0.813. The van der Waals surface area contributed by atoms with Crippen LogP contribution in [0.4, 0.5) is 11.6 Å². The van der Waals surface area contributed by atoms with Crippen molar-refractivity contribution in [1.82, 2.24) is 9.97 Å². The van der Waals surface area contributed by atoms with Crippen LogP contribution >= 0.6 is 0 Å². The van der Waals surface area contributed by atoms with E-state index in [9.17, 15) is 4.79 Å². The lowest BCUT2D eigenvalue weighted by molar-refractivity contribution is -0.914. The number of carbonyl (C=O) groups excluding carboxylic acids is 1. The van der Waals surface area contributed by atoms with E-state index in [2.05, 4.69) is 20.2 Å². The third-order valence-electron chi connectivity index (χ3n) is 4.58. The van der Waals surface area contributed by atoms with Gasteiger partial charge >= 0.3 is 0 Å². The average Bonchev–Trinajstić information content (AvgIpc) is 2.68. The second-order valence-electron chi connectivity index (χ2n) is 6.14. The van der Waals surface area contributed by atoms with E-state index in [1.165, 1.54) is 4.90 Å². The molecule has 0 bridgehead atoms. The topological polar surface area (TPSA) is 71.8 Å². The molecule has 2 heterocycles. The van der Waals surface area contributed by atoms with E-state index in [-0.39, 0.29) is 11.9 Å². The monoisotopic (exact) mass is 342 g/mol. The van der Waals surface area contributed by atoms with Gasteiger partial charge in [-0.2, -0.15) is 0 Å². The van der Waals surface area contributed by atoms with Crippen molar-refractivity contribution < 1.29 is 14.4 Å². The molecule has 1 atom stereocenters. The Labute approximate surface area is 147 Å². The highest BCUT2D eigenvalue weighted by atomic mass is 16.5. The van der Waals surface area contributed by atoms with E-state index >= 15 is 0 Å². The standard InChI is InChI=1S/C18H23N5O2/c1-14(17(24)21-15-5-3-6-16(13-15)25-2)22-9-11-23(12-10-22)18-19-7-4-8-20-18/h3-8,13-14H,9-12H2,1-2H3,(H,21,24)/p+1/t14-/m0/s1. The molecule has 0 aliphatic carbocycles. The fourth-order valence-corrected chi connectivity index (χ4v) is 3.02. The zero-order chi connectivity index (χ0) is 17.6. The Balaban J connectivity index is 1.54. The fraction of sp³-hybridized carbons (Fsp3) is 0.389. The molecule has 25 heavy (non-hydrogen) atoms. The van der Waals surface area contributed by atoms with E-state index in [0.717, 1.165) is 43.6 Å². The zero-order valence-corrected chi connectivity index (χ0v) is 14.6. The van der Waals surface area contributed by atoms with Crippen molar-refractivity contribution in [1.29, 1.82) is 0 Å². The number of nitrogens with zero attached hydrogens (tertiary/aromatic N) is 3. The van der Waals surface area contributed by atoms with Gasteiger partial charge in [-0.05, 0) is 25.1 Å². The molecule has 1 aromatic heterocycles. The largest absolute Gasteiger partial charge is 0.497 e. The number of hydrogen-bond donors (Lipinski definition) is 2. The summed E-state index contributed by atoms with van der Waals surface area (Å²) in [7, 11) is 1.61. The summed E-state index contributed by atoms with van der Waals surface area (Å²) in [6.07, 6.45) is 3.51. The number of anilines is 2. The number of piperazine rings is 1. The number of benzene rings is 1. The van der Waals surface area contributed by atoms with Crippen LogP contribution in [0.15, 0.2) is 42.7 Å². The van der Waals surface area contributed by atoms with Crippen molar-refractivity contribution >= 4 is 17.5 Å². The molecule has 1 fully saturated rings. The molecule has 0 spiro atoms. The highest BCUT2D eigenvalue weighted by molar-refractivity contribution is 5.93. The van der Waals surface area contributed by atoms with Gasteiger partial charge in [-0.1, -0.05) is 6.07 Å². The van der Waals surface area contributed by atoms with Crippen molar-refractivity contribution in [3.05, 3.63) is 42.7 Å². The number of hydrogen-bond acceptors (Lipinski definition) is 5. The van der Waals surface area contributed by atoms with Crippen LogP contribution < -0.4 is 19.9 Å². The van der Waals surface area contributed by atoms with Crippen molar-refractivity contribution in [2.75, 3.05) is 43.5 Å². The molecule has 1 amide bonds. The van der Waals surface area contributed by atoms with Crippen molar-refractivity contribution in [3.8, 4) is 5.75 Å². The molecule has 1 saturated heterocycles. The summed E-state index contributed by atoms with van der Waals surface area (Å²) in [6.45, 7) is 5.42. The van der Waals surface area contributed by atoms with Gasteiger partial charge in [0.15, 0.2) is 6.04 Å². The number of aromatic nitrogens is 2. The van der Waals surface area contributed by atoms with Crippen molar-refractivity contribution in [2.45, 2.75) is 13.0 Å². The van der Waals surface area contributed by atoms with Gasteiger partial charge in [0.1, 0.15) is 5.75 Å². The lowest BCUT2D eigenvalue weighted by Crippen LogP contribution is -3.19. The fourth-order valence-electron chi connectivity index (χ4n) is 3.02. The number of methoxy groups -OCH3 is 1. The van der Waals surface area contributed by atoms with E-state index in [1.807, 2.05) is 37.3 Å². The summed E-state index contributed by atoms with van der Waals surface area (Å²) >= 11 is 0. The first kappa shape index (κ1) is 17.2. The van der Waals surface area contributed by atoms with Crippen LogP contribution in [0.5, 0.6) is 5.75 Å². The van der Waals surface area contributed by atoms with Gasteiger partial charge in [-0.25, -0.2) is 9.97 Å². The molecule has 7 heteroatoms. The Kier molecular flexibility index (Phi) is 5.45. The molecular weight excluding hydrogens is 318 g/mol. The van der Waals surface area contributed by atoms with E-state index in [4.69, 9.17) is 4.74 Å². The summed E-state index contributed by atoms with van der Waals surface area (Å²) in [4.78, 5) is 24.6. The molecule has 0 unspecified atom stereocenters. The van der Waals surface area contributed by atoms with Crippen LogP contribution in [0.2, 0.25) is 0 Å². The first-order valence-corrected chi connectivity index (χ1v) is 8.49.